The number of hydrogen-bond donors (Lipinski definition) is 2. The highest BCUT2D eigenvalue weighted by Crippen LogP contribution is 2.28. The predicted octanol–water partition coefficient (Wildman–Crippen LogP) is 3.11. The van der Waals surface area contributed by atoms with Crippen molar-refractivity contribution in [1.29, 1.82) is 0 Å². The van der Waals surface area contributed by atoms with E-state index in [0.29, 0.717) is 11.6 Å². The van der Waals surface area contributed by atoms with Gasteiger partial charge in [-0.05, 0) is 41.7 Å². The van der Waals surface area contributed by atoms with E-state index in [2.05, 4.69) is 10.3 Å². The van der Waals surface area contributed by atoms with Crippen LogP contribution in [0.5, 0.6) is 0 Å². The molecule has 0 aromatic carbocycles. The van der Waals surface area contributed by atoms with Crippen molar-refractivity contribution in [2.24, 2.45) is 5.92 Å². The lowest BCUT2D eigenvalue weighted by molar-refractivity contribution is 0.0880. The lowest BCUT2D eigenvalue weighted by atomic mass is 9.94. The maximum atomic E-state index is 12.4. The largest absolute Gasteiger partial charge is 0.394 e. The quantitative estimate of drug-likeness (QED) is 0.866. The Labute approximate surface area is 142 Å². The molecule has 4 nitrogen and oxygen atoms in total. The molecule has 2 N–H and O–H groups in total. The Kier molecular flexibility index (Phi) is 5.51. The highest BCUT2D eigenvalue weighted by Gasteiger charge is 2.25. The van der Waals surface area contributed by atoms with Crippen LogP contribution in [-0.2, 0) is 0 Å². The smallest absolute Gasteiger partial charge is 0.271 e. The van der Waals surface area contributed by atoms with Crippen LogP contribution in [0, 0.1) is 5.92 Å². The summed E-state index contributed by atoms with van der Waals surface area (Å²) in [6, 6.07) is 3.81. The molecule has 7 heteroatoms. The van der Waals surface area contributed by atoms with Crippen molar-refractivity contribution in [3.05, 3.63) is 28.6 Å². The number of thiazole rings is 1. The maximum absolute atomic E-state index is 12.4. The number of thioether (sulfide) groups is 1. The van der Waals surface area contributed by atoms with Gasteiger partial charge in [0.15, 0.2) is 0 Å². The Bertz CT molecular complexity index is 606. The van der Waals surface area contributed by atoms with E-state index in [1.165, 1.54) is 11.3 Å². The number of amides is 1. The average molecular weight is 355 g/mol. The van der Waals surface area contributed by atoms with Crippen LogP contribution in [0.15, 0.2) is 22.9 Å². The monoisotopic (exact) mass is 354 g/mol. The van der Waals surface area contributed by atoms with E-state index in [1.54, 1.807) is 16.7 Å². The van der Waals surface area contributed by atoms with Crippen LogP contribution >= 0.6 is 34.4 Å². The molecule has 1 saturated heterocycles. The van der Waals surface area contributed by atoms with Crippen molar-refractivity contribution in [2.45, 2.75) is 18.9 Å². The molecule has 1 fully saturated rings. The summed E-state index contributed by atoms with van der Waals surface area (Å²) in [6.07, 6.45) is 2.10. The molecule has 2 aromatic heterocycles. The SMILES string of the molecule is O=C(N[C@@H](CO)C1CCSCC1)c1csc(-c2cccs2)n1. The van der Waals surface area contributed by atoms with Gasteiger partial charge in [-0.25, -0.2) is 4.98 Å². The van der Waals surface area contributed by atoms with Gasteiger partial charge < -0.3 is 10.4 Å². The zero-order chi connectivity index (χ0) is 15.4. The fourth-order valence-electron chi connectivity index (χ4n) is 2.56. The predicted molar refractivity (Wildman–Crippen MR) is 93.8 cm³/mol. The Hall–Kier alpha value is -0.890. The second-order valence-corrected chi connectivity index (χ2v) is 8.26. The molecule has 1 aliphatic heterocycles. The van der Waals surface area contributed by atoms with Gasteiger partial charge in [0.1, 0.15) is 10.7 Å². The van der Waals surface area contributed by atoms with Crippen LogP contribution in [0.25, 0.3) is 9.88 Å². The molecule has 0 saturated carbocycles. The highest BCUT2D eigenvalue weighted by molar-refractivity contribution is 7.99. The van der Waals surface area contributed by atoms with Gasteiger partial charge in [-0.2, -0.15) is 11.8 Å². The summed E-state index contributed by atoms with van der Waals surface area (Å²) in [4.78, 5) is 17.9. The standard InChI is InChI=1S/C15H18N2O2S3/c18-8-11(10-3-6-20-7-4-10)16-14(19)12-9-22-15(17-12)13-2-1-5-21-13/h1-2,5,9-11,18H,3-4,6-8H2,(H,16,19)/t11-/m0/s1. The van der Waals surface area contributed by atoms with E-state index in [9.17, 15) is 9.90 Å². The summed E-state index contributed by atoms with van der Waals surface area (Å²) in [5.41, 5.74) is 0.442. The van der Waals surface area contributed by atoms with E-state index < -0.39 is 0 Å². The number of nitrogens with zero attached hydrogens (tertiary/aromatic N) is 1. The zero-order valence-electron chi connectivity index (χ0n) is 12.0. The van der Waals surface area contributed by atoms with Gasteiger partial charge >= 0.3 is 0 Å². The van der Waals surface area contributed by atoms with Gasteiger partial charge in [-0.3, -0.25) is 4.79 Å². The number of nitrogens with one attached hydrogen (secondary N) is 1. The molecule has 0 radical (unpaired) electrons. The summed E-state index contributed by atoms with van der Waals surface area (Å²) >= 11 is 5.03. The van der Waals surface area contributed by atoms with E-state index in [-0.39, 0.29) is 18.6 Å². The molecule has 22 heavy (non-hydrogen) atoms. The number of carbonyl (C=O) groups excluding carboxylic acids is 1. The summed E-state index contributed by atoms with van der Waals surface area (Å²) in [6.45, 7) is -0.0109. The van der Waals surface area contributed by atoms with Crippen LogP contribution in [0.2, 0.25) is 0 Å². The first-order valence-corrected chi connectivity index (χ1v) is 10.2. The zero-order valence-corrected chi connectivity index (χ0v) is 14.5. The maximum Gasteiger partial charge on any atom is 0.271 e. The molecular weight excluding hydrogens is 336 g/mol. The fourth-order valence-corrected chi connectivity index (χ4v) is 5.32. The summed E-state index contributed by atoms with van der Waals surface area (Å²) in [5.74, 6) is 2.40. The van der Waals surface area contributed by atoms with Gasteiger partial charge in [0.25, 0.3) is 5.91 Å². The van der Waals surface area contributed by atoms with Crippen molar-refractivity contribution < 1.29 is 9.90 Å². The third-order valence-electron chi connectivity index (χ3n) is 3.82. The fraction of sp³-hybridized carbons (Fsp3) is 0.467. The first-order chi connectivity index (χ1) is 10.8. The van der Waals surface area contributed by atoms with Gasteiger partial charge in [-0.15, -0.1) is 22.7 Å². The van der Waals surface area contributed by atoms with Crippen LogP contribution in [-0.4, -0.2) is 40.2 Å². The topological polar surface area (TPSA) is 62.2 Å². The van der Waals surface area contributed by atoms with Crippen molar-refractivity contribution >= 4 is 40.3 Å². The van der Waals surface area contributed by atoms with Crippen molar-refractivity contribution in [3.63, 3.8) is 0 Å². The molecular formula is C15H18N2O2S3. The van der Waals surface area contributed by atoms with Crippen LogP contribution in [0.3, 0.4) is 0 Å². The third kappa shape index (κ3) is 3.71. The molecule has 0 bridgehead atoms. The second-order valence-electron chi connectivity index (χ2n) is 5.23. The molecule has 3 rings (SSSR count). The lowest BCUT2D eigenvalue weighted by Crippen LogP contribution is -2.44. The molecule has 2 aromatic rings. The summed E-state index contributed by atoms with van der Waals surface area (Å²) < 4.78 is 0. The molecule has 3 heterocycles. The van der Waals surface area contributed by atoms with Crippen molar-refractivity contribution in [2.75, 3.05) is 18.1 Å². The Morgan fingerprint density at radius 1 is 1.41 bits per heavy atom. The van der Waals surface area contributed by atoms with E-state index in [4.69, 9.17) is 0 Å². The number of thiophene rings is 1. The van der Waals surface area contributed by atoms with Crippen LogP contribution < -0.4 is 5.32 Å². The molecule has 118 valence electrons. The van der Waals surface area contributed by atoms with Crippen molar-refractivity contribution in [3.8, 4) is 9.88 Å². The third-order valence-corrected chi connectivity index (χ3v) is 6.75. The number of carbonyl (C=O) groups is 1. The molecule has 1 aliphatic rings. The number of aliphatic hydroxyl groups is 1. The Balaban J connectivity index is 1.65. The lowest BCUT2D eigenvalue weighted by Gasteiger charge is -2.29. The summed E-state index contributed by atoms with van der Waals surface area (Å²) in [5, 5.41) is 17.2. The number of aliphatic hydroxyl groups excluding tert-OH is 1. The minimum atomic E-state index is -0.184. The van der Waals surface area contributed by atoms with Gasteiger partial charge in [-0.1, -0.05) is 6.07 Å². The van der Waals surface area contributed by atoms with Crippen LogP contribution in [0.4, 0.5) is 0 Å². The molecule has 0 spiro atoms. The average Bonchev–Trinajstić information content (AvgIpc) is 3.23. The minimum absolute atomic E-state index is 0.0109. The Morgan fingerprint density at radius 2 is 2.23 bits per heavy atom. The van der Waals surface area contributed by atoms with E-state index in [0.717, 1.165) is 34.2 Å². The number of aromatic nitrogens is 1. The van der Waals surface area contributed by atoms with Gasteiger partial charge in [0.2, 0.25) is 0 Å². The normalized spacial score (nSPS) is 17.3. The summed E-state index contributed by atoms with van der Waals surface area (Å²) in [7, 11) is 0. The van der Waals surface area contributed by atoms with Crippen molar-refractivity contribution in [1.82, 2.24) is 10.3 Å². The molecule has 0 unspecified atom stereocenters. The number of rotatable bonds is 5. The second kappa shape index (κ2) is 7.59. The first-order valence-electron chi connectivity index (χ1n) is 7.27. The molecule has 1 atom stereocenters. The minimum Gasteiger partial charge on any atom is -0.394 e. The van der Waals surface area contributed by atoms with E-state index in [1.807, 2.05) is 29.3 Å². The van der Waals surface area contributed by atoms with Crippen LogP contribution in [0.1, 0.15) is 23.3 Å². The van der Waals surface area contributed by atoms with Gasteiger partial charge in [0.05, 0.1) is 17.5 Å². The molecule has 1 amide bonds. The van der Waals surface area contributed by atoms with E-state index >= 15 is 0 Å². The molecule has 0 aliphatic carbocycles. The van der Waals surface area contributed by atoms with Gasteiger partial charge in [0, 0.05) is 5.38 Å². The number of hydrogen-bond acceptors (Lipinski definition) is 6. The highest BCUT2D eigenvalue weighted by atomic mass is 32.2. The Morgan fingerprint density at radius 3 is 2.91 bits per heavy atom. The first kappa shape index (κ1) is 16.0.